The van der Waals surface area contributed by atoms with Crippen LogP contribution in [0.2, 0.25) is 0 Å². The lowest BCUT2D eigenvalue weighted by Gasteiger charge is -2.25. The number of fused-ring (bicyclic) bond motifs is 7. The van der Waals surface area contributed by atoms with Crippen molar-refractivity contribution in [1.29, 1.82) is 0 Å². The quantitative estimate of drug-likeness (QED) is 0.0810. The minimum atomic E-state index is 0.0171. The zero-order valence-corrected chi connectivity index (χ0v) is 50.5. The largest absolute Gasteiger partial charge is 0.350 e. The van der Waals surface area contributed by atoms with E-state index in [2.05, 4.69) is 80.1 Å². The zero-order valence-electron chi connectivity index (χ0n) is 50.5. The Morgan fingerprint density at radius 1 is 0.349 bits per heavy atom. The maximum atomic E-state index is 11.1. The van der Waals surface area contributed by atoms with Crippen molar-refractivity contribution in [3.8, 4) is 0 Å². The average Bonchev–Trinajstić information content (AvgIpc) is 4.03. The first-order valence-corrected chi connectivity index (χ1v) is 31.1. The average molecular weight is 1160 g/mol. The smallest absolute Gasteiger partial charge is 0.217 e. The number of amides is 3. The first kappa shape index (κ1) is 64.2. The molecule has 7 aliphatic carbocycles. The van der Waals surface area contributed by atoms with Crippen LogP contribution in [0, 0.1) is 0 Å². The van der Waals surface area contributed by atoms with Crippen molar-refractivity contribution in [3.63, 3.8) is 0 Å². The van der Waals surface area contributed by atoms with Crippen LogP contribution in [0.25, 0.3) is 0 Å². The summed E-state index contributed by atoms with van der Waals surface area (Å²) in [4.78, 5) is 66.8. The number of aromatic nitrogens is 8. The van der Waals surface area contributed by atoms with E-state index in [1.54, 1.807) is 51.8 Å². The van der Waals surface area contributed by atoms with Crippen LogP contribution < -0.4 is 38.9 Å². The predicted molar refractivity (Wildman–Crippen MR) is 335 cm³/mol. The molecular formula is C68H89N15O3. The molecule has 454 valence electrons. The SMILES string of the molecule is CC(=O)N[C@@H]1CCCCc2cccnc21.CC(=O)N[C@@H]1CCCc2cnccc21.CC(=O)N[C@@H]1CCc2cccnc21.N[C@H]1CCCCc2cccnc21.N[C@H]1CCCc2cnccc21.N[C@H]1CCCc2nccnc21.N[C@H]1CCc2cccnc21. The Morgan fingerprint density at radius 3 is 1.34 bits per heavy atom. The Morgan fingerprint density at radius 2 is 0.744 bits per heavy atom. The molecule has 7 aliphatic rings. The molecule has 0 radical (unpaired) electrons. The molecule has 7 aromatic heterocycles. The molecule has 14 rings (SSSR count). The van der Waals surface area contributed by atoms with Gasteiger partial charge in [-0.25, -0.2) is 0 Å². The third-order valence-corrected chi connectivity index (χ3v) is 16.7. The van der Waals surface area contributed by atoms with Crippen LogP contribution in [0.4, 0.5) is 0 Å². The van der Waals surface area contributed by atoms with Gasteiger partial charge < -0.3 is 38.9 Å². The molecule has 7 heterocycles. The van der Waals surface area contributed by atoms with Gasteiger partial charge in [-0.05, 0) is 203 Å². The number of pyridine rings is 6. The van der Waals surface area contributed by atoms with Crippen molar-refractivity contribution in [1.82, 2.24) is 55.8 Å². The summed E-state index contributed by atoms with van der Waals surface area (Å²) >= 11 is 0. The van der Waals surface area contributed by atoms with Gasteiger partial charge in [0.1, 0.15) is 0 Å². The third-order valence-electron chi connectivity index (χ3n) is 16.7. The Balaban J connectivity index is 0.000000131. The summed E-state index contributed by atoms with van der Waals surface area (Å²) in [6, 6.07) is 21.5. The molecule has 86 heavy (non-hydrogen) atoms. The van der Waals surface area contributed by atoms with Crippen LogP contribution in [0.1, 0.15) is 232 Å². The Hall–Kier alpha value is -7.77. The Labute approximate surface area is 507 Å². The van der Waals surface area contributed by atoms with Gasteiger partial charge in [0.05, 0.1) is 52.3 Å². The normalized spacial score (nSPS) is 21.4. The number of nitrogens with one attached hydrogen (secondary N) is 3. The van der Waals surface area contributed by atoms with Gasteiger partial charge in [-0.1, -0.05) is 37.1 Å². The molecule has 11 N–H and O–H groups in total. The van der Waals surface area contributed by atoms with E-state index in [4.69, 9.17) is 22.9 Å². The second-order valence-electron chi connectivity index (χ2n) is 23.2. The summed E-state index contributed by atoms with van der Waals surface area (Å²) in [5.74, 6) is 0.0849. The number of aryl methyl sites for hydroxylation is 7. The highest BCUT2D eigenvalue weighted by atomic mass is 16.2. The highest BCUT2D eigenvalue weighted by molar-refractivity contribution is 5.74. The molecule has 0 bridgehead atoms. The maximum Gasteiger partial charge on any atom is 0.217 e. The highest BCUT2D eigenvalue weighted by Gasteiger charge is 2.25. The van der Waals surface area contributed by atoms with E-state index in [0.717, 1.165) is 143 Å². The van der Waals surface area contributed by atoms with Gasteiger partial charge in [-0.15, -0.1) is 0 Å². The molecule has 18 nitrogen and oxygen atoms in total. The van der Waals surface area contributed by atoms with Gasteiger partial charge >= 0.3 is 0 Å². The van der Waals surface area contributed by atoms with Gasteiger partial charge in [0.25, 0.3) is 0 Å². The van der Waals surface area contributed by atoms with Gasteiger partial charge in [0.15, 0.2) is 0 Å². The maximum absolute atomic E-state index is 11.1. The Bertz CT molecular complexity index is 3230. The van der Waals surface area contributed by atoms with Crippen molar-refractivity contribution in [3.05, 3.63) is 201 Å². The molecule has 0 aliphatic heterocycles. The first-order valence-electron chi connectivity index (χ1n) is 31.1. The second kappa shape index (κ2) is 33.2. The zero-order chi connectivity index (χ0) is 60.6. The number of carbonyl (C=O) groups is 3. The number of nitrogens with zero attached hydrogens (tertiary/aromatic N) is 8. The summed E-state index contributed by atoms with van der Waals surface area (Å²) in [5, 5.41) is 8.84. The van der Waals surface area contributed by atoms with E-state index < -0.39 is 0 Å². The lowest BCUT2D eigenvalue weighted by atomic mass is 9.89. The molecule has 0 spiro atoms. The fraction of sp³-hybridized carbons (Fsp3) is 0.456. The van der Waals surface area contributed by atoms with Crippen LogP contribution in [0.15, 0.2) is 123 Å². The van der Waals surface area contributed by atoms with Crippen molar-refractivity contribution >= 4 is 17.7 Å². The van der Waals surface area contributed by atoms with Crippen molar-refractivity contribution in [2.45, 2.75) is 198 Å². The highest BCUT2D eigenvalue weighted by Crippen LogP contribution is 2.32. The molecule has 7 atom stereocenters. The lowest BCUT2D eigenvalue weighted by molar-refractivity contribution is -0.120. The van der Waals surface area contributed by atoms with Crippen LogP contribution in [0.5, 0.6) is 0 Å². The van der Waals surface area contributed by atoms with E-state index in [1.165, 1.54) is 70.2 Å². The number of hydrogen-bond acceptors (Lipinski definition) is 15. The molecule has 3 amide bonds. The molecule has 18 heteroatoms. The summed E-state index contributed by atoms with van der Waals surface area (Å²) < 4.78 is 0. The fourth-order valence-corrected chi connectivity index (χ4v) is 12.4. The molecule has 0 unspecified atom stereocenters. The minimum Gasteiger partial charge on any atom is -0.350 e. The van der Waals surface area contributed by atoms with E-state index in [0.29, 0.717) is 0 Å². The summed E-state index contributed by atoms with van der Waals surface area (Å²) in [6.07, 6.45) is 41.4. The molecule has 0 aromatic carbocycles. The Kier molecular flexibility index (Phi) is 24.8. The minimum absolute atomic E-state index is 0.0171. The predicted octanol–water partition coefficient (Wildman–Crippen LogP) is 9.85. The topological polar surface area (TPSA) is 294 Å². The summed E-state index contributed by atoms with van der Waals surface area (Å²) in [6.45, 7) is 4.67. The molecular weight excluding hydrogens is 1070 g/mol. The van der Waals surface area contributed by atoms with Crippen molar-refractivity contribution < 1.29 is 14.4 Å². The first-order chi connectivity index (χ1) is 41.8. The van der Waals surface area contributed by atoms with Crippen LogP contribution >= 0.6 is 0 Å². The van der Waals surface area contributed by atoms with E-state index >= 15 is 0 Å². The lowest BCUT2D eigenvalue weighted by Crippen LogP contribution is -2.28. The molecule has 0 fully saturated rings. The second-order valence-corrected chi connectivity index (χ2v) is 23.2. The number of carbonyl (C=O) groups excluding carboxylic acids is 3. The summed E-state index contributed by atoms with van der Waals surface area (Å²) in [5.41, 5.74) is 40.3. The van der Waals surface area contributed by atoms with Gasteiger partial charge in [0.2, 0.25) is 17.7 Å². The number of hydrogen-bond donors (Lipinski definition) is 7. The summed E-state index contributed by atoms with van der Waals surface area (Å²) in [7, 11) is 0. The third kappa shape index (κ3) is 18.9. The van der Waals surface area contributed by atoms with Gasteiger partial charge in [-0.2, -0.15) is 0 Å². The van der Waals surface area contributed by atoms with Gasteiger partial charge in [0, 0.05) is 107 Å². The van der Waals surface area contributed by atoms with Crippen molar-refractivity contribution in [2.75, 3.05) is 0 Å². The van der Waals surface area contributed by atoms with Crippen LogP contribution in [-0.4, -0.2) is 57.6 Å². The van der Waals surface area contributed by atoms with Crippen molar-refractivity contribution in [2.24, 2.45) is 22.9 Å². The molecule has 0 saturated heterocycles. The van der Waals surface area contributed by atoms with Gasteiger partial charge in [-0.3, -0.25) is 54.3 Å². The molecule has 7 aromatic rings. The van der Waals surface area contributed by atoms with E-state index in [9.17, 15) is 14.4 Å². The fourth-order valence-electron chi connectivity index (χ4n) is 12.4. The van der Waals surface area contributed by atoms with E-state index in [-0.39, 0.29) is 60.0 Å². The number of rotatable bonds is 3. The molecule has 0 saturated carbocycles. The van der Waals surface area contributed by atoms with Crippen LogP contribution in [-0.2, 0) is 59.3 Å². The van der Waals surface area contributed by atoms with E-state index in [1.807, 2.05) is 67.4 Å². The monoisotopic (exact) mass is 1160 g/mol. The standard InChI is InChI=1S/C12H16N2O.C11H14N2O.C10H12N2O.C10H14N2.C9H12N2.C8H11N3.C8H10N2/c1-9(15)14-11-7-3-2-5-10-6-4-8-13-12(10)11;1-8(14)13-11-4-2-3-9-7-12-6-5-10(9)11;1-7(13)12-9-5-4-8-3-2-6-11-10(8)9;11-9-6-2-1-4-8-5-3-7-12-10(8)9;10-9-3-1-2-7-6-11-5-4-8(7)9;9-6-2-1-3-7-8(6)11-5-4-10-7;9-7-4-3-6-2-1-5-10-8(6)7/h4,6,8,11H,2-3,5,7H2,1H3,(H,14,15);5-7,11H,2-4H2,1H3,(H,13,14);2-3,6,9H,4-5H2,1H3,(H,12,13);3,5,7,9H,1-2,4,6,11H2;4-6,9H,1-3,10H2;4-6H,1-3,9H2;1-2,5,7H,3-4,9H2/t2*11-;3*9-;6-;7-/m1110000/s1. The van der Waals surface area contributed by atoms with Crippen LogP contribution in [0.3, 0.4) is 0 Å². The number of nitrogens with two attached hydrogens (primary N) is 4.